The zero-order chi connectivity index (χ0) is 17.9. The Morgan fingerprint density at radius 2 is 1.88 bits per heavy atom. The largest absolute Gasteiger partial charge is 0.455 e. The van der Waals surface area contributed by atoms with Crippen molar-refractivity contribution in [3.63, 3.8) is 0 Å². The number of amides is 1. The van der Waals surface area contributed by atoms with Crippen LogP contribution in [0.1, 0.15) is 44.9 Å². The molecule has 1 heterocycles. The van der Waals surface area contributed by atoms with Gasteiger partial charge in [-0.2, -0.15) is 0 Å². The van der Waals surface area contributed by atoms with Crippen molar-refractivity contribution in [3.8, 4) is 0 Å². The summed E-state index contributed by atoms with van der Waals surface area (Å²) in [5.41, 5.74) is 1.45. The van der Waals surface area contributed by atoms with E-state index in [2.05, 4.69) is 0 Å². The average Bonchev–Trinajstić information content (AvgIpc) is 2.93. The number of carbonyl (C=O) groups excluding carboxylic acids is 2. The number of aryl methyl sites for hydroxylation is 1. The van der Waals surface area contributed by atoms with Crippen molar-refractivity contribution in [3.05, 3.63) is 35.4 Å². The van der Waals surface area contributed by atoms with Gasteiger partial charge in [0.25, 0.3) is 0 Å². The maximum absolute atomic E-state index is 12.5. The summed E-state index contributed by atoms with van der Waals surface area (Å²) in [6, 6.07) is 7.83. The maximum Gasteiger partial charge on any atom is 0.411 e. The van der Waals surface area contributed by atoms with Gasteiger partial charge in [-0.3, -0.25) is 9.69 Å². The molecule has 0 aliphatic carbocycles. The average molecular weight is 351 g/mol. The molecule has 1 aliphatic rings. The van der Waals surface area contributed by atoms with Crippen molar-refractivity contribution >= 4 is 23.8 Å². The SMILES string of the molecule is CC(=O)O[C@H](c1ccc(C)cc1)[C@H]1SCCN1C(=O)OC(C)(C)C. The van der Waals surface area contributed by atoms with Gasteiger partial charge < -0.3 is 9.47 Å². The molecular formula is C18H25NO4S. The van der Waals surface area contributed by atoms with Crippen molar-refractivity contribution in [2.24, 2.45) is 0 Å². The van der Waals surface area contributed by atoms with Crippen LogP contribution in [0.25, 0.3) is 0 Å². The molecule has 0 spiro atoms. The van der Waals surface area contributed by atoms with Crippen LogP contribution in [0.5, 0.6) is 0 Å². The summed E-state index contributed by atoms with van der Waals surface area (Å²) in [6.07, 6.45) is -0.884. The van der Waals surface area contributed by atoms with E-state index in [1.807, 2.05) is 52.0 Å². The van der Waals surface area contributed by atoms with Crippen LogP contribution in [0.15, 0.2) is 24.3 Å². The third-order valence-electron chi connectivity index (χ3n) is 3.51. The van der Waals surface area contributed by atoms with Crippen LogP contribution < -0.4 is 0 Å². The molecule has 5 nitrogen and oxygen atoms in total. The molecule has 2 atom stereocenters. The predicted octanol–water partition coefficient (Wildman–Crippen LogP) is 3.91. The zero-order valence-corrected chi connectivity index (χ0v) is 15.7. The number of ether oxygens (including phenoxy) is 2. The van der Waals surface area contributed by atoms with Crippen molar-refractivity contribution in [2.75, 3.05) is 12.3 Å². The van der Waals surface area contributed by atoms with Gasteiger partial charge in [-0.25, -0.2) is 4.79 Å². The number of benzene rings is 1. The fraction of sp³-hybridized carbons (Fsp3) is 0.556. The van der Waals surface area contributed by atoms with Gasteiger partial charge in [0, 0.05) is 19.2 Å². The Hall–Kier alpha value is -1.69. The minimum Gasteiger partial charge on any atom is -0.455 e. The van der Waals surface area contributed by atoms with Crippen LogP contribution >= 0.6 is 11.8 Å². The zero-order valence-electron chi connectivity index (χ0n) is 14.9. The van der Waals surface area contributed by atoms with Crippen LogP contribution in [-0.4, -0.2) is 40.2 Å². The third kappa shape index (κ3) is 4.90. The topological polar surface area (TPSA) is 55.8 Å². The van der Waals surface area contributed by atoms with Gasteiger partial charge in [0.1, 0.15) is 11.0 Å². The number of carbonyl (C=O) groups is 2. The van der Waals surface area contributed by atoms with E-state index in [0.717, 1.165) is 16.9 Å². The summed E-state index contributed by atoms with van der Waals surface area (Å²) in [5, 5.41) is -0.286. The van der Waals surface area contributed by atoms with E-state index < -0.39 is 11.7 Å². The Kier molecular flexibility index (Phi) is 5.80. The number of thioether (sulfide) groups is 1. The molecule has 0 N–H and O–H groups in total. The fourth-order valence-electron chi connectivity index (χ4n) is 2.48. The molecule has 0 unspecified atom stereocenters. The Labute approximate surface area is 147 Å². The highest BCUT2D eigenvalue weighted by Crippen LogP contribution is 2.37. The first kappa shape index (κ1) is 18.6. The molecule has 1 saturated heterocycles. The van der Waals surface area contributed by atoms with Crippen LogP contribution in [0.4, 0.5) is 4.79 Å². The Balaban J connectivity index is 2.25. The van der Waals surface area contributed by atoms with Gasteiger partial charge in [0.05, 0.1) is 0 Å². The van der Waals surface area contributed by atoms with Gasteiger partial charge >= 0.3 is 12.1 Å². The summed E-state index contributed by atoms with van der Waals surface area (Å²) in [5.74, 6) is 0.422. The molecule has 1 amide bonds. The lowest BCUT2D eigenvalue weighted by Gasteiger charge is -2.32. The van der Waals surface area contributed by atoms with Crippen molar-refractivity contribution < 1.29 is 19.1 Å². The van der Waals surface area contributed by atoms with Crippen LogP contribution in [-0.2, 0) is 14.3 Å². The molecule has 0 bridgehead atoms. The molecule has 0 saturated carbocycles. The first-order chi connectivity index (χ1) is 11.2. The normalized spacial score (nSPS) is 19.0. The van der Waals surface area contributed by atoms with E-state index >= 15 is 0 Å². The molecule has 0 aromatic heterocycles. The van der Waals surface area contributed by atoms with E-state index in [1.54, 1.807) is 16.7 Å². The van der Waals surface area contributed by atoms with Gasteiger partial charge in [-0.05, 0) is 33.3 Å². The molecule has 2 rings (SSSR count). The summed E-state index contributed by atoms with van der Waals surface area (Å²) < 4.78 is 11.1. The molecule has 132 valence electrons. The summed E-state index contributed by atoms with van der Waals surface area (Å²) in [4.78, 5) is 25.7. The summed E-state index contributed by atoms with van der Waals surface area (Å²) >= 11 is 1.60. The van der Waals surface area contributed by atoms with Gasteiger partial charge in [0.15, 0.2) is 6.10 Å². The number of nitrogens with zero attached hydrogens (tertiary/aromatic N) is 1. The third-order valence-corrected chi connectivity index (χ3v) is 4.78. The minimum atomic E-state index is -0.560. The second kappa shape index (κ2) is 7.47. The van der Waals surface area contributed by atoms with Crippen molar-refractivity contribution in [2.45, 2.75) is 51.7 Å². The summed E-state index contributed by atoms with van der Waals surface area (Å²) in [6.45, 7) is 9.49. The van der Waals surface area contributed by atoms with Gasteiger partial charge in [0.2, 0.25) is 0 Å². The van der Waals surface area contributed by atoms with Crippen LogP contribution in [0.2, 0.25) is 0 Å². The Morgan fingerprint density at radius 1 is 1.25 bits per heavy atom. The van der Waals surface area contributed by atoms with Crippen LogP contribution in [0.3, 0.4) is 0 Å². The first-order valence-corrected chi connectivity index (χ1v) is 9.07. The molecule has 1 aromatic rings. The van der Waals surface area contributed by atoms with Crippen molar-refractivity contribution in [1.82, 2.24) is 4.90 Å². The highest BCUT2D eigenvalue weighted by Gasteiger charge is 2.40. The smallest absolute Gasteiger partial charge is 0.411 e. The number of hydrogen-bond donors (Lipinski definition) is 0. The molecule has 1 aromatic carbocycles. The first-order valence-electron chi connectivity index (χ1n) is 8.02. The predicted molar refractivity (Wildman–Crippen MR) is 94.9 cm³/mol. The van der Waals surface area contributed by atoms with E-state index in [1.165, 1.54) is 6.92 Å². The standard InChI is InChI=1S/C18H25NO4S/c1-12-6-8-14(9-7-12)15(22-13(2)20)16-19(10-11-24-16)17(21)23-18(3,4)5/h6-9,15-16H,10-11H2,1-5H3/t15-,16-/m1/s1. The lowest BCUT2D eigenvalue weighted by molar-refractivity contribution is -0.148. The maximum atomic E-state index is 12.5. The van der Waals surface area contributed by atoms with E-state index in [0.29, 0.717) is 6.54 Å². The quantitative estimate of drug-likeness (QED) is 0.773. The van der Waals surface area contributed by atoms with Gasteiger partial charge in [-0.15, -0.1) is 11.8 Å². The lowest BCUT2D eigenvalue weighted by atomic mass is 10.1. The van der Waals surface area contributed by atoms with E-state index in [-0.39, 0.29) is 17.4 Å². The number of rotatable bonds is 3. The van der Waals surface area contributed by atoms with E-state index in [9.17, 15) is 9.59 Å². The Morgan fingerprint density at radius 3 is 2.42 bits per heavy atom. The van der Waals surface area contributed by atoms with E-state index in [4.69, 9.17) is 9.47 Å². The highest BCUT2D eigenvalue weighted by molar-refractivity contribution is 8.00. The second-order valence-corrected chi connectivity index (χ2v) is 8.10. The number of hydrogen-bond acceptors (Lipinski definition) is 5. The van der Waals surface area contributed by atoms with Gasteiger partial charge in [-0.1, -0.05) is 29.8 Å². The molecule has 1 fully saturated rings. The minimum absolute atomic E-state index is 0.286. The number of esters is 1. The molecule has 24 heavy (non-hydrogen) atoms. The Bertz CT molecular complexity index is 594. The fourth-order valence-corrected chi connectivity index (χ4v) is 3.78. The molecule has 6 heteroatoms. The molecular weight excluding hydrogens is 326 g/mol. The molecule has 1 aliphatic heterocycles. The molecule has 0 radical (unpaired) electrons. The second-order valence-electron chi connectivity index (χ2n) is 6.88. The van der Waals surface area contributed by atoms with Crippen molar-refractivity contribution in [1.29, 1.82) is 0 Å². The monoisotopic (exact) mass is 351 g/mol. The summed E-state index contributed by atoms with van der Waals surface area (Å²) in [7, 11) is 0. The lowest BCUT2D eigenvalue weighted by Crippen LogP contribution is -2.42. The highest BCUT2D eigenvalue weighted by atomic mass is 32.2. The van der Waals surface area contributed by atoms with Crippen LogP contribution in [0, 0.1) is 6.92 Å².